The van der Waals surface area contributed by atoms with Gasteiger partial charge in [0.05, 0.1) is 6.10 Å². The molecule has 0 aromatic heterocycles. The Morgan fingerprint density at radius 2 is 2.40 bits per heavy atom. The van der Waals surface area contributed by atoms with Crippen LogP contribution in [0.25, 0.3) is 0 Å². The van der Waals surface area contributed by atoms with Crippen molar-refractivity contribution in [1.29, 1.82) is 0 Å². The van der Waals surface area contributed by atoms with Crippen molar-refractivity contribution in [2.75, 3.05) is 6.54 Å². The van der Waals surface area contributed by atoms with E-state index in [-0.39, 0.29) is 18.2 Å². The molecule has 1 heterocycles. The molecule has 2 atom stereocenters. The highest BCUT2D eigenvalue weighted by Crippen LogP contribution is 2.10. The lowest BCUT2D eigenvalue weighted by atomic mass is 10.0. The molecule has 0 aromatic carbocycles. The summed E-state index contributed by atoms with van der Waals surface area (Å²) in [6.07, 6.45) is -0.829. The number of ketones is 1. The Bertz CT molecular complexity index is 178. The molecule has 0 aliphatic carbocycles. The molecular weight excluding hydrogens is 134 g/mol. The van der Waals surface area contributed by atoms with Crippen LogP contribution in [0, 0.1) is 5.92 Å². The molecule has 2 N–H and O–H groups in total. The first-order valence-corrected chi connectivity index (χ1v) is 3.09. The third-order valence-electron chi connectivity index (χ3n) is 1.59. The Morgan fingerprint density at radius 3 is 2.60 bits per heavy atom. The van der Waals surface area contributed by atoms with Crippen LogP contribution in [0.15, 0.2) is 0 Å². The largest absolute Gasteiger partial charge is 0.390 e. The zero-order valence-corrected chi connectivity index (χ0v) is 5.63. The fourth-order valence-corrected chi connectivity index (χ4v) is 1.06. The van der Waals surface area contributed by atoms with Gasteiger partial charge < -0.3 is 10.4 Å². The molecule has 4 heteroatoms. The molecule has 10 heavy (non-hydrogen) atoms. The van der Waals surface area contributed by atoms with Crippen molar-refractivity contribution in [1.82, 2.24) is 5.32 Å². The second kappa shape index (κ2) is 2.38. The van der Waals surface area contributed by atoms with Crippen molar-refractivity contribution >= 4 is 11.7 Å². The van der Waals surface area contributed by atoms with Crippen LogP contribution < -0.4 is 5.32 Å². The number of nitrogens with one attached hydrogen (secondary N) is 1. The number of aliphatic hydroxyl groups is 1. The van der Waals surface area contributed by atoms with Gasteiger partial charge in [0.1, 0.15) is 11.7 Å². The maximum absolute atomic E-state index is 10.7. The van der Waals surface area contributed by atoms with E-state index in [1.165, 1.54) is 6.92 Å². The first-order chi connectivity index (χ1) is 4.63. The first-order valence-electron chi connectivity index (χ1n) is 3.09. The zero-order valence-electron chi connectivity index (χ0n) is 5.63. The van der Waals surface area contributed by atoms with E-state index in [0.29, 0.717) is 0 Å². The van der Waals surface area contributed by atoms with Gasteiger partial charge in [0.25, 0.3) is 0 Å². The van der Waals surface area contributed by atoms with Crippen molar-refractivity contribution in [3.63, 3.8) is 0 Å². The van der Waals surface area contributed by atoms with Crippen LogP contribution in [-0.2, 0) is 9.59 Å². The number of aliphatic hydroxyl groups excluding tert-OH is 1. The maximum Gasteiger partial charge on any atom is 0.233 e. The van der Waals surface area contributed by atoms with Gasteiger partial charge >= 0.3 is 0 Å². The third kappa shape index (κ3) is 1.02. The average molecular weight is 143 g/mol. The van der Waals surface area contributed by atoms with Crippen molar-refractivity contribution in [3.05, 3.63) is 0 Å². The van der Waals surface area contributed by atoms with Crippen LogP contribution in [0.4, 0.5) is 0 Å². The third-order valence-corrected chi connectivity index (χ3v) is 1.59. The predicted molar refractivity (Wildman–Crippen MR) is 33.2 cm³/mol. The Labute approximate surface area is 58.2 Å². The molecule has 2 unspecified atom stereocenters. The zero-order chi connectivity index (χ0) is 7.72. The Balaban J connectivity index is 2.72. The number of carbonyl (C=O) groups excluding carboxylic acids is 2. The van der Waals surface area contributed by atoms with Gasteiger partial charge in [-0.1, -0.05) is 0 Å². The molecule has 1 rings (SSSR count). The van der Waals surface area contributed by atoms with Crippen molar-refractivity contribution < 1.29 is 14.7 Å². The summed E-state index contributed by atoms with van der Waals surface area (Å²) >= 11 is 0. The Kier molecular flexibility index (Phi) is 1.72. The van der Waals surface area contributed by atoms with Crippen molar-refractivity contribution in [2.45, 2.75) is 13.0 Å². The second-order valence-corrected chi connectivity index (χ2v) is 2.40. The second-order valence-electron chi connectivity index (χ2n) is 2.40. The lowest BCUT2D eigenvalue weighted by molar-refractivity contribution is -0.132. The SMILES string of the molecule is CC(=O)C1C(=O)NCC1O. The van der Waals surface area contributed by atoms with Gasteiger partial charge in [0.2, 0.25) is 5.91 Å². The number of hydrogen-bond acceptors (Lipinski definition) is 3. The van der Waals surface area contributed by atoms with E-state index < -0.39 is 12.0 Å². The first kappa shape index (κ1) is 7.21. The van der Waals surface area contributed by atoms with Crippen LogP contribution >= 0.6 is 0 Å². The Hall–Kier alpha value is -0.900. The molecule has 1 aliphatic rings. The minimum atomic E-state index is -0.833. The number of β-amino-alcohol motifs (C(OH)–C–C–N with tert-alkyl or cyclic N) is 1. The summed E-state index contributed by atoms with van der Waals surface area (Å²) in [5.74, 6) is -1.47. The van der Waals surface area contributed by atoms with Gasteiger partial charge in [0.15, 0.2) is 0 Å². The number of carbonyl (C=O) groups is 2. The standard InChI is InChI=1S/C6H9NO3/c1-3(8)5-4(9)2-7-6(5)10/h4-5,9H,2H2,1H3,(H,7,10). The average Bonchev–Trinajstić information content (AvgIpc) is 2.11. The number of Topliss-reactive ketones (excluding diaryl/α,β-unsaturated/α-hetero) is 1. The number of amides is 1. The van der Waals surface area contributed by atoms with Gasteiger partial charge in [-0.25, -0.2) is 0 Å². The lowest BCUT2D eigenvalue weighted by Gasteiger charge is -2.04. The normalized spacial score (nSPS) is 32.0. The quantitative estimate of drug-likeness (QED) is 0.447. The molecule has 0 spiro atoms. The summed E-state index contributed by atoms with van der Waals surface area (Å²) in [5.41, 5.74) is 0. The lowest BCUT2D eigenvalue weighted by Crippen LogP contribution is -2.28. The fourth-order valence-electron chi connectivity index (χ4n) is 1.06. The predicted octanol–water partition coefficient (Wildman–Crippen LogP) is -1.32. The maximum atomic E-state index is 10.7. The number of hydrogen-bond donors (Lipinski definition) is 2. The molecule has 0 bridgehead atoms. The van der Waals surface area contributed by atoms with Gasteiger partial charge in [-0.15, -0.1) is 0 Å². The van der Waals surface area contributed by atoms with Gasteiger partial charge in [-0.05, 0) is 6.92 Å². The van der Waals surface area contributed by atoms with Crippen molar-refractivity contribution in [2.24, 2.45) is 5.92 Å². The number of rotatable bonds is 1. The molecule has 56 valence electrons. The van der Waals surface area contributed by atoms with Crippen LogP contribution in [0.2, 0.25) is 0 Å². The Morgan fingerprint density at radius 1 is 1.80 bits per heavy atom. The van der Waals surface area contributed by atoms with Crippen LogP contribution in [0.1, 0.15) is 6.92 Å². The van der Waals surface area contributed by atoms with E-state index in [0.717, 1.165) is 0 Å². The minimum absolute atomic E-state index is 0.198. The molecule has 4 nitrogen and oxygen atoms in total. The molecule has 0 radical (unpaired) electrons. The molecule has 1 fully saturated rings. The van der Waals surface area contributed by atoms with Gasteiger partial charge in [-0.2, -0.15) is 0 Å². The van der Waals surface area contributed by atoms with E-state index in [4.69, 9.17) is 5.11 Å². The van der Waals surface area contributed by atoms with E-state index in [1.807, 2.05) is 0 Å². The minimum Gasteiger partial charge on any atom is -0.390 e. The van der Waals surface area contributed by atoms with E-state index in [9.17, 15) is 9.59 Å². The molecule has 1 saturated heterocycles. The summed E-state index contributed by atoms with van der Waals surface area (Å²) in [7, 11) is 0. The van der Waals surface area contributed by atoms with Gasteiger partial charge in [-0.3, -0.25) is 9.59 Å². The van der Waals surface area contributed by atoms with Gasteiger partial charge in [0, 0.05) is 6.54 Å². The summed E-state index contributed by atoms with van der Waals surface area (Å²) in [6.45, 7) is 1.50. The monoisotopic (exact) mass is 143 g/mol. The van der Waals surface area contributed by atoms with Crippen LogP contribution in [0.3, 0.4) is 0 Å². The molecule has 0 saturated carbocycles. The van der Waals surface area contributed by atoms with Crippen LogP contribution in [0.5, 0.6) is 0 Å². The van der Waals surface area contributed by atoms with Crippen LogP contribution in [-0.4, -0.2) is 29.4 Å². The molecular formula is C6H9NO3. The topological polar surface area (TPSA) is 66.4 Å². The highest BCUT2D eigenvalue weighted by molar-refractivity contribution is 6.02. The van der Waals surface area contributed by atoms with E-state index >= 15 is 0 Å². The van der Waals surface area contributed by atoms with E-state index in [1.54, 1.807) is 0 Å². The summed E-state index contributed by atoms with van der Waals surface area (Å²) in [4.78, 5) is 21.4. The molecule has 0 aromatic rings. The summed E-state index contributed by atoms with van der Waals surface area (Å²) in [6, 6.07) is 0. The van der Waals surface area contributed by atoms with E-state index in [2.05, 4.69) is 5.32 Å². The fraction of sp³-hybridized carbons (Fsp3) is 0.667. The molecule has 1 aliphatic heterocycles. The smallest absolute Gasteiger partial charge is 0.233 e. The molecule has 1 amide bonds. The summed E-state index contributed by atoms with van der Waals surface area (Å²) in [5, 5.41) is 11.4. The highest BCUT2D eigenvalue weighted by atomic mass is 16.3. The van der Waals surface area contributed by atoms with Crippen molar-refractivity contribution in [3.8, 4) is 0 Å². The highest BCUT2D eigenvalue weighted by Gasteiger charge is 2.36. The summed E-state index contributed by atoms with van der Waals surface area (Å²) < 4.78 is 0.